The topological polar surface area (TPSA) is 28.4 Å². The maximum atomic E-state index is 6.07. The molecular weight excluding hydrogens is 260 g/mol. The molecule has 1 fully saturated rings. The summed E-state index contributed by atoms with van der Waals surface area (Å²) in [6, 6.07) is 2.94. The van der Waals surface area contributed by atoms with E-state index in [-0.39, 0.29) is 5.54 Å². The molecule has 3 nitrogen and oxygen atoms in total. The van der Waals surface area contributed by atoms with Crippen LogP contribution in [0.4, 0.5) is 0 Å². The van der Waals surface area contributed by atoms with Crippen molar-refractivity contribution in [1.82, 2.24) is 10.2 Å². The van der Waals surface area contributed by atoms with Gasteiger partial charge in [0.15, 0.2) is 0 Å². The van der Waals surface area contributed by atoms with E-state index in [0.29, 0.717) is 0 Å². The second-order valence-corrected chi connectivity index (χ2v) is 7.63. The summed E-state index contributed by atoms with van der Waals surface area (Å²) in [6.45, 7) is 10.4. The van der Waals surface area contributed by atoms with Crippen LogP contribution in [0.1, 0.15) is 70.0 Å². The van der Waals surface area contributed by atoms with Gasteiger partial charge in [0, 0.05) is 11.6 Å². The Labute approximate surface area is 130 Å². The van der Waals surface area contributed by atoms with Gasteiger partial charge in [-0.25, -0.2) is 0 Å². The molecule has 120 valence electrons. The minimum Gasteiger partial charge on any atom is -0.463 e. The summed E-state index contributed by atoms with van der Waals surface area (Å²) >= 11 is 0. The van der Waals surface area contributed by atoms with Crippen molar-refractivity contribution in [2.45, 2.75) is 84.5 Å². The first kappa shape index (κ1) is 16.6. The van der Waals surface area contributed by atoms with Gasteiger partial charge < -0.3 is 9.73 Å². The van der Waals surface area contributed by atoms with Gasteiger partial charge in [-0.05, 0) is 59.2 Å². The number of nitrogens with zero attached hydrogens (tertiary/aromatic N) is 1. The third kappa shape index (κ3) is 5.15. The molecule has 0 amide bonds. The van der Waals surface area contributed by atoms with Gasteiger partial charge in [0.1, 0.15) is 11.5 Å². The van der Waals surface area contributed by atoms with Crippen molar-refractivity contribution >= 4 is 0 Å². The molecule has 0 radical (unpaired) electrons. The zero-order valence-electron chi connectivity index (χ0n) is 14.5. The molecule has 0 spiro atoms. The summed E-state index contributed by atoms with van der Waals surface area (Å²) in [6.07, 6.45) is 6.86. The summed E-state index contributed by atoms with van der Waals surface area (Å²) in [5.41, 5.74) is 1.39. The first-order valence-corrected chi connectivity index (χ1v) is 8.38. The number of furan rings is 1. The molecule has 1 aliphatic rings. The van der Waals surface area contributed by atoms with Crippen LogP contribution < -0.4 is 5.32 Å². The molecule has 2 rings (SSSR count). The number of nitrogens with one attached hydrogen (secondary N) is 1. The van der Waals surface area contributed by atoms with E-state index in [1.807, 2.05) is 0 Å². The number of hydrogen-bond acceptors (Lipinski definition) is 3. The first-order valence-electron chi connectivity index (χ1n) is 8.38. The van der Waals surface area contributed by atoms with E-state index in [4.69, 9.17) is 4.42 Å². The van der Waals surface area contributed by atoms with Gasteiger partial charge in [0.2, 0.25) is 0 Å². The summed E-state index contributed by atoms with van der Waals surface area (Å²) in [5.74, 6) is 2.18. The van der Waals surface area contributed by atoms with Crippen LogP contribution in [0.2, 0.25) is 0 Å². The Bertz CT molecular complexity index is 439. The van der Waals surface area contributed by atoms with E-state index in [9.17, 15) is 0 Å². The molecule has 0 aliphatic heterocycles. The van der Waals surface area contributed by atoms with Crippen LogP contribution in [-0.2, 0) is 13.1 Å². The zero-order valence-corrected chi connectivity index (χ0v) is 14.5. The lowest BCUT2D eigenvalue weighted by Gasteiger charge is -2.30. The average Bonchev–Trinajstić information content (AvgIpc) is 2.77. The molecule has 3 heteroatoms. The molecule has 0 saturated heterocycles. The Morgan fingerprint density at radius 3 is 2.52 bits per heavy atom. The van der Waals surface area contributed by atoms with Crippen molar-refractivity contribution in [1.29, 1.82) is 0 Å². The highest BCUT2D eigenvalue weighted by Crippen LogP contribution is 2.24. The van der Waals surface area contributed by atoms with Crippen molar-refractivity contribution in [2.75, 3.05) is 7.05 Å². The van der Waals surface area contributed by atoms with Crippen LogP contribution >= 0.6 is 0 Å². The van der Waals surface area contributed by atoms with E-state index in [1.54, 1.807) is 0 Å². The van der Waals surface area contributed by atoms with Gasteiger partial charge in [-0.15, -0.1) is 0 Å². The summed E-state index contributed by atoms with van der Waals surface area (Å²) in [4.78, 5) is 2.47. The van der Waals surface area contributed by atoms with Crippen LogP contribution in [0.25, 0.3) is 0 Å². The SMILES string of the molecule is Cc1cc(CN(C)C2CCCCC2)oc1CNC(C)(C)C. The molecule has 1 heterocycles. The van der Waals surface area contributed by atoms with Gasteiger partial charge in [-0.1, -0.05) is 19.3 Å². The summed E-state index contributed by atoms with van der Waals surface area (Å²) in [7, 11) is 2.24. The fraction of sp³-hybridized carbons (Fsp3) is 0.778. The monoisotopic (exact) mass is 292 g/mol. The van der Waals surface area contributed by atoms with Crippen molar-refractivity contribution in [3.05, 3.63) is 23.2 Å². The lowest BCUT2D eigenvalue weighted by Crippen LogP contribution is -2.35. The zero-order chi connectivity index (χ0) is 15.5. The van der Waals surface area contributed by atoms with E-state index >= 15 is 0 Å². The Balaban J connectivity index is 1.91. The maximum absolute atomic E-state index is 6.07. The van der Waals surface area contributed by atoms with Crippen LogP contribution in [-0.4, -0.2) is 23.5 Å². The standard InChI is InChI=1S/C18H32N2O/c1-14-11-16(21-17(14)12-19-18(2,3)4)13-20(5)15-9-7-6-8-10-15/h11,15,19H,6-10,12-13H2,1-5H3. The molecule has 1 saturated carbocycles. The molecule has 0 bridgehead atoms. The smallest absolute Gasteiger partial charge is 0.120 e. The van der Waals surface area contributed by atoms with E-state index in [0.717, 1.165) is 30.7 Å². The predicted octanol–water partition coefficient (Wildman–Crippen LogP) is 4.24. The van der Waals surface area contributed by atoms with Crippen molar-refractivity contribution in [3.8, 4) is 0 Å². The summed E-state index contributed by atoms with van der Waals surface area (Å²) < 4.78 is 6.07. The molecule has 1 aliphatic carbocycles. The van der Waals surface area contributed by atoms with Crippen molar-refractivity contribution < 1.29 is 4.42 Å². The summed E-state index contributed by atoms with van der Waals surface area (Å²) in [5, 5.41) is 3.50. The number of aryl methyl sites for hydroxylation is 1. The predicted molar refractivity (Wildman–Crippen MR) is 88.4 cm³/mol. The highest BCUT2D eigenvalue weighted by Gasteiger charge is 2.20. The highest BCUT2D eigenvalue weighted by molar-refractivity contribution is 5.20. The lowest BCUT2D eigenvalue weighted by molar-refractivity contribution is 0.171. The molecule has 0 aromatic carbocycles. The fourth-order valence-electron chi connectivity index (χ4n) is 3.09. The average molecular weight is 292 g/mol. The highest BCUT2D eigenvalue weighted by atomic mass is 16.3. The molecule has 0 unspecified atom stereocenters. The Kier molecular flexibility index (Phi) is 5.50. The largest absolute Gasteiger partial charge is 0.463 e. The second-order valence-electron chi connectivity index (χ2n) is 7.63. The minimum atomic E-state index is 0.123. The molecule has 0 atom stereocenters. The number of rotatable bonds is 5. The Morgan fingerprint density at radius 1 is 1.24 bits per heavy atom. The van der Waals surface area contributed by atoms with Crippen LogP contribution in [0.3, 0.4) is 0 Å². The Hall–Kier alpha value is -0.800. The van der Waals surface area contributed by atoms with Crippen LogP contribution in [0, 0.1) is 6.92 Å². The lowest BCUT2D eigenvalue weighted by atomic mass is 9.94. The molecule has 1 aromatic heterocycles. The quantitative estimate of drug-likeness (QED) is 0.880. The van der Waals surface area contributed by atoms with Gasteiger partial charge in [0.05, 0.1) is 13.1 Å². The van der Waals surface area contributed by atoms with E-state index in [2.05, 4.69) is 51.0 Å². The van der Waals surface area contributed by atoms with Gasteiger partial charge in [-0.2, -0.15) is 0 Å². The second kappa shape index (κ2) is 6.97. The van der Waals surface area contributed by atoms with Gasteiger partial charge >= 0.3 is 0 Å². The first-order chi connectivity index (χ1) is 9.85. The van der Waals surface area contributed by atoms with Gasteiger partial charge in [-0.3, -0.25) is 4.90 Å². The van der Waals surface area contributed by atoms with Crippen LogP contribution in [0.15, 0.2) is 10.5 Å². The minimum absolute atomic E-state index is 0.123. The third-order valence-electron chi connectivity index (χ3n) is 4.45. The fourth-order valence-corrected chi connectivity index (χ4v) is 3.09. The van der Waals surface area contributed by atoms with E-state index in [1.165, 1.54) is 37.7 Å². The normalized spacial score (nSPS) is 17.6. The Morgan fingerprint density at radius 2 is 1.90 bits per heavy atom. The number of hydrogen-bond donors (Lipinski definition) is 1. The molecule has 1 aromatic rings. The molecular formula is C18H32N2O. The van der Waals surface area contributed by atoms with Crippen molar-refractivity contribution in [3.63, 3.8) is 0 Å². The molecule has 1 N–H and O–H groups in total. The maximum Gasteiger partial charge on any atom is 0.120 e. The third-order valence-corrected chi connectivity index (χ3v) is 4.45. The molecule has 21 heavy (non-hydrogen) atoms. The van der Waals surface area contributed by atoms with E-state index < -0.39 is 0 Å². The van der Waals surface area contributed by atoms with Gasteiger partial charge in [0.25, 0.3) is 0 Å². The van der Waals surface area contributed by atoms with Crippen molar-refractivity contribution in [2.24, 2.45) is 0 Å². The van der Waals surface area contributed by atoms with Crippen LogP contribution in [0.5, 0.6) is 0 Å².